The van der Waals surface area contributed by atoms with Gasteiger partial charge >= 0.3 is 0 Å². The van der Waals surface area contributed by atoms with E-state index in [0.29, 0.717) is 36.9 Å². The van der Waals surface area contributed by atoms with Crippen molar-refractivity contribution in [3.05, 3.63) is 76.9 Å². The Labute approximate surface area is 214 Å². The molecule has 8 heteroatoms. The first-order valence-corrected chi connectivity index (χ1v) is 12.8. The first-order chi connectivity index (χ1) is 17.7. The summed E-state index contributed by atoms with van der Waals surface area (Å²) in [6.45, 7) is 0. The number of benzene rings is 2. The molecule has 5 atom stereocenters. The maximum Gasteiger partial charge on any atom is 0.167 e. The highest BCUT2D eigenvalue weighted by Crippen LogP contribution is 2.67. The highest BCUT2D eigenvalue weighted by Gasteiger charge is 2.64. The summed E-state index contributed by atoms with van der Waals surface area (Å²) < 4.78 is 42.6. The maximum absolute atomic E-state index is 14.7. The molecule has 5 rings (SSSR count). The van der Waals surface area contributed by atoms with Crippen molar-refractivity contribution < 1.29 is 23.4 Å². The van der Waals surface area contributed by atoms with Gasteiger partial charge in [0.25, 0.3) is 0 Å². The molecule has 5 nitrogen and oxygen atoms in total. The summed E-state index contributed by atoms with van der Waals surface area (Å²) in [5.74, 6) is -1.16. The van der Waals surface area contributed by atoms with E-state index in [4.69, 9.17) is 16.1 Å². The van der Waals surface area contributed by atoms with Gasteiger partial charge in [-0.25, -0.2) is 13.2 Å². The molecule has 0 heterocycles. The number of aliphatic hydroxyl groups is 2. The SMILES string of the molecule is N=CC1CC2(C3CC3)C(=CC1=Nc1ccc(F)cc1)CCC2(O)CCc1cccc(F)c1C(F)C(N)O. The van der Waals surface area contributed by atoms with Gasteiger partial charge < -0.3 is 21.4 Å². The number of alkyl halides is 1. The molecule has 3 aliphatic rings. The molecule has 0 saturated heterocycles. The lowest BCUT2D eigenvalue weighted by atomic mass is 9.59. The zero-order valence-corrected chi connectivity index (χ0v) is 20.5. The molecule has 5 unspecified atom stereocenters. The summed E-state index contributed by atoms with van der Waals surface area (Å²) in [6, 6.07) is 10.1. The molecule has 2 saturated carbocycles. The molecule has 0 bridgehead atoms. The number of halogens is 3. The molecule has 0 radical (unpaired) electrons. The third-order valence-corrected chi connectivity index (χ3v) is 8.54. The van der Waals surface area contributed by atoms with Crippen LogP contribution < -0.4 is 5.73 Å². The number of allylic oxidation sites excluding steroid dienone is 1. The Hall–Kier alpha value is -2.81. The van der Waals surface area contributed by atoms with Crippen LogP contribution >= 0.6 is 0 Å². The summed E-state index contributed by atoms with van der Waals surface area (Å²) in [7, 11) is 0. The van der Waals surface area contributed by atoms with Crippen LogP contribution in [0.3, 0.4) is 0 Å². The van der Waals surface area contributed by atoms with Crippen LogP contribution in [-0.4, -0.2) is 34.0 Å². The molecular formula is C29H32F3N3O2. The zero-order chi connectivity index (χ0) is 26.4. The van der Waals surface area contributed by atoms with Crippen LogP contribution in [0.15, 0.2) is 59.1 Å². The highest BCUT2D eigenvalue weighted by molar-refractivity contribution is 6.08. The Balaban J connectivity index is 1.48. The second-order valence-electron chi connectivity index (χ2n) is 10.6. The van der Waals surface area contributed by atoms with Crippen molar-refractivity contribution in [2.75, 3.05) is 0 Å². The van der Waals surface area contributed by atoms with Crippen molar-refractivity contribution >= 4 is 17.6 Å². The summed E-state index contributed by atoms with van der Waals surface area (Å²) in [4.78, 5) is 4.70. The van der Waals surface area contributed by atoms with Crippen molar-refractivity contribution in [1.82, 2.24) is 0 Å². The minimum absolute atomic E-state index is 0.226. The number of aryl methyl sites for hydroxylation is 1. The van der Waals surface area contributed by atoms with Gasteiger partial charge in [-0.05, 0) is 92.8 Å². The minimum atomic E-state index is -2.07. The predicted octanol–water partition coefficient (Wildman–Crippen LogP) is 5.47. The van der Waals surface area contributed by atoms with Crippen molar-refractivity contribution in [3.8, 4) is 0 Å². The average molecular weight is 512 g/mol. The number of hydrogen-bond acceptors (Lipinski definition) is 5. The quantitative estimate of drug-likeness (QED) is 0.279. The smallest absolute Gasteiger partial charge is 0.167 e. The van der Waals surface area contributed by atoms with Gasteiger partial charge in [0.1, 0.15) is 17.9 Å². The number of hydrogen-bond donors (Lipinski definition) is 4. The van der Waals surface area contributed by atoms with Gasteiger partial charge in [-0.3, -0.25) is 4.99 Å². The topological polar surface area (TPSA) is 103 Å². The molecule has 0 aromatic heterocycles. The molecule has 3 aliphatic carbocycles. The summed E-state index contributed by atoms with van der Waals surface area (Å²) in [6.07, 6.45) is 3.65. The third kappa shape index (κ3) is 4.56. The van der Waals surface area contributed by atoms with Crippen LogP contribution in [0.5, 0.6) is 0 Å². The number of aliphatic hydroxyl groups excluding tert-OH is 1. The summed E-state index contributed by atoms with van der Waals surface area (Å²) >= 11 is 0. The molecular weight excluding hydrogens is 479 g/mol. The second kappa shape index (κ2) is 9.82. The zero-order valence-electron chi connectivity index (χ0n) is 20.5. The van der Waals surface area contributed by atoms with Gasteiger partial charge in [-0.15, -0.1) is 0 Å². The molecule has 0 aliphatic heterocycles. The molecule has 0 spiro atoms. The van der Waals surface area contributed by atoms with Crippen LogP contribution in [0.2, 0.25) is 0 Å². The number of aliphatic imine (C=N–C) groups is 1. The minimum Gasteiger partial charge on any atom is -0.389 e. The van der Waals surface area contributed by atoms with E-state index in [1.807, 2.05) is 6.08 Å². The third-order valence-electron chi connectivity index (χ3n) is 8.54. The fourth-order valence-corrected chi connectivity index (χ4v) is 6.62. The van der Waals surface area contributed by atoms with E-state index in [9.17, 15) is 23.4 Å². The van der Waals surface area contributed by atoms with Crippen LogP contribution in [0.25, 0.3) is 0 Å². The van der Waals surface area contributed by atoms with E-state index >= 15 is 0 Å². The molecule has 0 amide bonds. The Morgan fingerprint density at radius 2 is 1.89 bits per heavy atom. The Morgan fingerprint density at radius 1 is 1.16 bits per heavy atom. The molecule has 37 heavy (non-hydrogen) atoms. The molecule has 2 aromatic rings. The lowest BCUT2D eigenvalue weighted by Gasteiger charge is -2.48. The number of nitrogens with one attached hydrogen (secondary N) is 1. The van der Waals surface area contributed by atoms with E-state index < -0.39 is 29.2 Å². The van der Waals surface area contributed by atoms with E-state index in [1.54, 1.807) is 18.2 Å². The number of rotatable bonds is 8. The average Bonchev–Trinajstić information content (AvgIpc) is 3.69. The van der Waals surface area contributed by atoms with Crippen molar-refractivity contribution in [2.24, 2.45) is 28.0 Å². The Morgan fingerprint density at radius 3 is 2.54 bits per heavy atom. The lowest BCUT2D eigenvalue weighted by Crippen LogP contribution is -2.50. The highest BCUT2D eigenvalue weighted by atomic mass is 19.1. The second-order valence-corrected chi connectivity index (χ2v) is 10.6. The largest absolute Gasteiger partial charge is 0.389 e. The van der Waals surface area contributed by atoms with Gasteiger partial charge in [0, 0.05) is 28.8 Å². The number of nitrogens with zero attached hydrogens (tertiary/aromatic N) is 1. The number of nitrogens with two attached hydrogens (primary N) is 1. The predicted molar refractivity (Wildman–Crippen MR) is 137 cm³/mol. The fraction of sp³-hybridized carbons (Fsp3) is 0.448. The Kier molecular flexibility index (Phi) is 6.85. The van der Waals surface area contributed by atoms with Crippen LogP contribution in [0, 0.1) is 34.3 Å². The van der Waals surface area contributed by atoms with E-state index in [1.165, 1.54) is 24.4 Å². The maximum atomic E-state index is 14.7. The standard InChI is InChI=1S/C29H32F3N3O2/c30-21-6-8-22(9-7-21)35-24-14-20-11-13-28(37,29(20,19-4-5-19)15-18(24)16-33)12-10-17-2-1-3-23(31)25(17)26(32)27(34)36/h1-3,6-9,14,16,18-19,26-27,33,36-37H,4-5,10-13,15,34H2. The monoisotopic (exact) mass is 511 g/mol. The van der Waals surface area contributed by atoms with E-state index in [0.717, 1.165) is 30.2 Å². The van der Waals surface area contributed by atoms with E-state index in [-0.39, 0.29) is 29.6 Å². The molecule has 196 valence electrons. The lowest BCUT2D eigenvalue weighted by molar-refractivity contribution is -0.0721. The van der Waals surface area contributed by atoms with E-state index in [2.05, 4.69) is 0 Å². The van der Waals surface area contributed by atoms with Crippen molar-refractivity contribution in [1.29, 1.82) is 5.41 Å². The molecule has 2 aromatic carbocycles. The van der Waals surface area contributed by atoms with Gasteiger partial charge in [0.05, 0.1) is 11.3 Å². The van der Waals surface area contributed by atoms with Gasteiger partial charge in [-0.1, -0.05) is 17.7 Å². The first kappa shape index (κ1) is 25.8. The molecule has 5 N–H and O–H groups in total. The van der Waals surface area contributed by atoms with Crippen LogP contribution in [0.4, 0.5) is 18.9 Å². The Bertz CT molecular complexity index is 1240. The van der Waals surface area contributed by atoms with Gasteiger partial charge in [-0.2, -0.15) is 0 Å². The fourth-order valence-electron chi connectivity index (χ4n) is 6.62. The molecule has 2 fully saturated rings. The van der Waals surface area contributed by atoms with Crippen LogP contribution in [0.1, 0.15) is 55.8 Å². The summed E-state index contributed by atoms with van der Waals surface area (Å²) in [5, 5.41) is 29.9. The normalized spacial score (nSPS) is 30.1. The van der Waals surface area contributed by atoms with Crippen molar-refractivity contribution in [3.63, 3.8) is 0 Å². The van der Waals surface area contributed by atoms with Gasteiger partial charge in [0.15, 0.2) is 6.17 Å². The van der Waals surface area contributed by atoms with Crippen molar-refractivity contribution in [2.45, 2.75) is 62.9 Å². The van der Waals surface area contributed by atoms with Crippen LogP contribution in [-0.2, 0) is 6.42 Å². The van der Waals surface area contributed by atoms with Gasteiger partial charge in [0.2, 0.25) is 0 Å². The summed E-state index contributed by atoms with van der Waals surface area (Å²) in [5.41, 5.74) is 6.23. The number of fused-ring (bicyclic) bond motifs is 1. The first-order valence-electron chi connectivity index (χ1n) is 12.8.